The van der Waals surface area contributed by atoms with Gasteiger partial charge in [0, 0.05) is 38.8 Å². The first-order chi connectivity index (χ1) is 11.7. The number of carbonyl (C=O) groups excluding carboxylic acids is 1. The van der Waals surface area contributed by atoms with Crippen LogP contribution in [0.15, 0.2) is 28.8 Å². The average Bonchev–Trinajstić information content (AvgIpc) is 3.23. The maximum Gasteiger partial charge on any atom is 0.276 e. The molecular formula is C17H19N3O4. The summed E-state index contributed by atoms with van der Waals surface area (Å²) in [7, 11) is 0. The van der Waals surface area contributed by atoms with Crippen molar-refractivity contribution in [2.45, 2.75) is 13.5 Å². The molecule has 1 saturated heterocycles. The Balaban J connectivity index is 1.34. The normalized spacial score (nSPS) is 17.3. The monoisotopic (exact) mass is 329 g/mol. The molecule has 2 aliphatic rings. The van der Waals surface area contributed by atoms with Gasteiger partial charge in [0.2, 0.25) is 6.79 Å². The Kier molecular flexibility index (Phi) is 3.86. The third kappa shape index (κ3) is 2.94. The van der Waals surface area contributed by atoms with E-state index in [-0.39, 0.29) is 5.91 Å². The molecule has 1 amide bonds. The van der Waals surface area contributed by atoms with Crippen LogP contribution in [0.5, 0.6) is 11.5 Å². The van der Waals surface area contributed by atoms with E-state index in [4.69, 9.17) is 14.0 Å². The third-order valence-electron chi connectivity index (χ3n) is 4.35. The van der Waals surface area contributed by atoms with Gasteiger partial charge < -0.3 is 18.9 Å². The Morgan fingerprint density at radius 2 is 1.92 bits per heavy atom. The van der Waals surface area contributed by atoms with Gasteiger partial charge in [-0.15, -0.1) is 0 Å². The van der Waals surface area contributed by atoms with Crippen LogP contribution in [0.3, 0.4) is 0 Å². The van der Waals surface area contributed by atoms with E-state index in [1.54, 1.807) is 13.0 Å². The van der Waals surface area contributed by atoms with Crippen LogP contribution in [0.4, 0.5) is 0 Å². The second kappa shape index (κ2) is 6.16. The summed E-state index contributed by atoms with van der Waals surface area (Å²) < 4.78 is 15.7. The van der Waals surface area contributed by atoms with E-state index in [9.17, 15) is 4.79 Å². The van der Waals surface area contributed by atoms with Gasteiger partial charge in [0.15, 0.2) is 17.2 Å². The number of ether oxygens (including phenoxy) is 2. The first kappa shape index (κ1) is 15.0. The van der Waals surface area contributed by atoms with Crippen LogP contribution < -0.4 is 9.47 Å². The molecular weight excluding hydrogens is 310 g/mol. The Morgan fingerprint density at radius 1 is 1.12 bits per heavy atom. The molecule has 2 aliphatic heterocycles. The minimum absolute atomic E-state index is 0.0606. The van der Waals surface area contributed by atoms with Gasteiger partial charge in [-0.1, -0.05) is 11.2 Å². The Morgan fingerprint density at radius 3 is 2.67 bits per heavy atom. The molecule has 2 aromatic rings. The molecule has 0 aliphatic carbocycles. The lowest BCUT2D eigenvalue weighted by Crippen LogP contribution is -2.48. The number of piperazine rings is 1. The van der Waals surface area contributed by atoms with Crippen molar-refractivity contribution >= 4 is 5.91 Å². The predicted octanol–water partition coefficient (Wildman–Crippen LogP) is 1.67. The minimum atomic E-state index is -0.0606. The molecule has 7 nitrogen and oxygen atoms in total. The molecule has 3 heterocycles. The maximum absolute atomic E-state index is 12.4. The molecule has 1 aromatic heterocycles. The van der Waals surface area contributed by atoms with Gasteiger partial charge in [0.05, 0.1) is 0 Å². The number of fused-ring (bicyclic) bond motifs is 1. The molecule has 1 aromatic carbocycles. The number of nitrogens with zero attached hydrogens (tertiary/aromatic N) is 3. The Hall–Kier alpha value is -2.54. The molecule has 1 fully saturated rings. The Bertz CT molecular complexity index is 750. The molecule has 0 spiro atoms. The second-order valence-electron chi connectivity index (χ2n) is 6.08. The largest absolute Gasteiger partial charge is 0.454 e. The smallest absolute Gasteiger partial charge is 0.276 e. The van der Waals surface area contributed by atoms with E-state index in [1.807, 2.05) is 17.0 Å². The zero-order chi connectivity index (χ0) is 16.5. The summed E-state index contributed by atoms with van der Waals surface area (Å²) in [5.74, 6) is 2.20. The van der Waals surface area contributed by atoms with Crippen LogP contribution in [0.2, 0.25) is 0 Å². The van der Waals surface area contributed by atoms with Crippen molar-refractivity contribution in [2.24, 2.45) is 0 Å². The van der Waals surface area contributed by atoms with Crippen LogP contribution in [-0.4, -0.2) is 53.8 Å². The SMILES string of the molecule is Cc1cc(C(=O)N2CCN(Cc3ccc4c(c3)OCO4)CC2)no1. The summed E-state index contributed by atoms with van der Waals surface area (Å²) in [4.78, 5) is 16.5. The number of hydrogen-bond donors (Lipinski definition) is 0. The molecule has 0 radical (unpaired) electrons. The molecule has 7 heteroatoms. The fraction of sp³-hybridized carbons (Fsp3) is 0.412. The number of aromatic nitrogens is 1. The molecule has 4 rings (SSSR count). The zero-order valence-electron chi connectivity index (χ0n) is 13.5. The highest BCUT2D eigenvalue weighted by atomic mass is 16.7. The van der Waals surface area contributed by atoms with Crippen LogP contribution in [0, 0.1) is 6.92 Å². The van der Waals surface area contributed by atoms with Gasteiger partial charge in [-0.05, 0) is 24.6 Å². The van der Waals surface area contributed by atoms with Crippen LogP contribution in [0.1, 0.15) is 21.8 Å². The van der Waals surface area contributed by atoms with Crippen molar-refractivity contribution < 1.29 is 18.8 Å². The summed E-state index contributed by atoms with van der Waals surface area (Å²) in [5, 5.41) is 3.81. The number of amides is 1. The van der Waals surface area contributed by atoms with Crippen molar-refractivity contribution in [3.8, 4) is 11.5 Å². The van der Waals surface area contributed by atoms with Crippen molar-refractivity contribution in [1.29, 1.82) is 0 Å². The highest BCUT2D eigenvalue weighted by Crippen LogP contribution is 2.32. The number of carbonyl (C=O) groups is 1. The summed E-state index contributed by atoms with van der Waals surface area (Å²) in [6, 6.07) is 7.72. The zero-order valence-corrected chi connectivity index (χ0v) is 13.5. The summed E-state index contributed by atoms with van der Waals surface area (Å²) >= 11 is 0. The number of aryl methyl sites for hydroxylation is 1. The van der Waals surface area contributed by atoms with E-state index in [2.05, 4.69) is 16.1 Å². The van der Waals surface area contributed by atoms with E-state index in [1.165, 1.54) is 5.56 Å². The van der Waals surface area contributed by atoms with E-state index in [0.29, 0.717) is 31.3 Å². The van der Waals surface area contributed by atoms with Crippen LogP contribution >= 0.6 is 0 Å². The van der Waals surface area contributed by atoms with Crippen molar-refractivity contribution in [3.63, 3.8) is 0 Å². The van der Waals surface area contributed by atoms with Crippen LogP contribution in [0.25, 0.3) is 0 Å². The second-order valence-corrected chi connectivity index (χ2v) is 6.08. The molecule has 0 bridgehead atoms. The minimum Gasteiger partial charge on any atom is -0.454 e. The first-order valence-electron chi connectivity index (χ1n) is 8.02. The van der Waals surface area contributed by atoms with Gasteiger partial charge in [-0.25, -0.2) is 0 Å². The van der Waals surface area contributed by atoms with Crippen molar-refractivity contribution in [2.75, 3.05) is 33.0 Å². The molecule has 0 unspecified atom stereocenters. The van der Waals surface area contributed by atoms with E-state index in [0.717, 1.165) is 31.1 Å². The van der Waals surface area contributed by atoms with E-state index < -0.39 is 0 Å². The number of hydrogen-bond acceptors (Lipinski definition) is 6. The maximum atomic E-state index is 12.4. The number of rotatable bonds is 3. The fourth-order valence-electron chi connectivity index (χ4n) is 3.04. The molecule has 0 atom stereocenters. The highest BCUT2D eigenvalue weighted by molar-refractivity contribution is 5.92. The van der Waals surface area contributed by atoms with Gasteiger partial charge in [-0.3, -0.25) is 9.69 Å². The average molecular weight is 329 g/mol. The fourth-order valence-corrected chi connectivity index (χ4v) is 3.04. The van der Waals surface area contributed by atoms with Gasteiger partial charge in [0.25, 0.3) is 5.91 Å². The molecule has 126 valence electrons. The lowest BCUT2D eigenvalue weighted by atomic mass is 10.1. The van der Waals surface area contributed by atoms with Gasteiger partial charge in [-0.2, -0.15) is 0 Å². The van der Waals surface area contributed by atoms with Crippen LogP contribution in [-0.2, 0) is 6.54 Å². The highest BCUT2D eigenvalue weighted by Gasteiger charge is 2.24. The van der Waals surface area contributed by atoms with E-state index >= 15 is 0 Å². The molecule has 0 saturated carbocycles. The van der Waals surface area contributed by atoms with Crippen molar-refractivity contribution in [3.05, 3.63) is 41.3 Å². The lowest BCUT2D eigenvalue weighted by Gasteiger charge is -2.34. The predicted molar refractivity (Wildman–Crippen MR) is 85.0 cm³/mol. The topological polar surface area (TPSA) is 68.0 Å². The first-order valence-corrected chi connectivity index (χ1v) is 8.02. The lowest BCUT2D eigenvalue weighted by molar-refractivity contribution is 0.0618. The summed E-state index contributed by atoms with van der Waals surface area (Å²) in [5.41, 5.74) is 1.57. The molecule has 0 N–H and O–H groups in total. The number of benzene rings is 1. The quantitative estimate of drug-likeness (QED) is 0.853. The molecule has 24 heavy (non-hydrogen) atoms. The van der Waals surface area contributed by atoms with Gasteiger partial charge >= 0.3 is 0 Å². The van der Waals surface area contributed by atoms with Crippen molar-refractivity contribution in [1.82, 2.24) is 15.0 Å². The summed E-state index contributed by atoms with van der Waals surface area (Å²) in [6.45, 7) is 5.95. The Labute approximate surface area is 139 Å². The van der Waals surface area contributed by atoms with Gasteiger partial charge in [0.1, 0.15) is 5.76 Å². The third-order valence-corrected chi connectivity index (χ3v) is 4.35. The standard InChI is InChI=1S/C17H19N3O4/c1-12-8-14(18-24-12)17(21)20-6-4-19(5-7-20)10-13-2-3-15-16(9-13)23-11-22-15/h2-3,8-9H,4-7,10-11H2,1H3. The summed E-state index contributed by atoms with van der Waals surface area (Å²) in [6.07, 6.45) is 0.